The summed E-state index contributed by atoms with van der Waals surface area (Å²) in [7, 11) is 2.21. The van der Waals surface area contributed by atoms with Crippen LogP contribution in [0.25, 0.3) is 0 Å². The van der Waals surface area contributed by atoms with Gasteiger partial charge in [0.15, 0.2) is 0 Å². The summed E-state index contributed by atoms with van der Waals surface area (Å²) in [6, 6.07) is 0. The van der Waals surface area contributed by atoms with Gasteiger partial charge < -0.3 is 14.9 Å². The maximum Gasteiger partial charge on any atom is 0.0568 e. The maximum absolute atomic E-state index is 9.79. The van der Waals surface area contributed by atoms with Crippen LogP contribution in [0.3, 0.4) is 0 Å². The van der Waals surface area contributed by atoms with Crippen LogP contribution in [0.4, 0.5) is 0 Å². The fourth-order valence-corrected chi connectivity index (χ4v) is 3.03. The van der Waals surface area contributed by atoms with E-state index < -0.39 is 0 Å². The highest BCUT2D eigenvalue weighted by atomic mass is 16.3. The van der Waals surface area contributed by atoms with Crippen LogP contribution in [-0.4, -0.2) is 60.8 Å². The van der Waals surface area contributed by atoms with Crippen LogP contribution in [0.2, 0.25) is 0 Å². The molecule has 94 valence electrons. The molecule has 1 aliphatic heterocycles. The topological polar surface area (TPSA) is 26.7 Å². The highest BCUT2D eigenvalue weighted by Gasteiger charge is 2.25. The number of aliphatic hydroxyl groups excluding tert-OH is 1. The third-order valence-electron chi connectivity index (χ3n) is 4.25. The molecule has 2 aliphatic rings. The quantitative estimate of drug-likeness (QED) is 0.783. The van der Waals surface area contributed by atoms with Crippen molar-refractivity contribution in [3.8, 4) is 0 Å². The number of hydrogen-bond donors (Lipinski definition) is 1. The lowest BCUT2D eigenvalue weighted by molar-refractivity contribution is 0.118. The molecule has 2 fully saturated rings. The molecule has 0 amide bonds. The van der Waals surface area contributed by atoms with E-state index in [1.165, 1.54) is 58.4 Å². The molecule has 1 heterocycles. The third kappa shape index (κ3) is 3.44. The number of rotatable bonds is 3. The second kappa shape index (κ2) is 5.99. The molecule has 0 aromatic carbocycles. The summed E-state index contributed by atoms with van der Waals surface area (Å²) in [5, 5.41) is 9.79. The van der Waals surface area contributed by atoms with Crippen molar-refractivity contribution in [2.45, 2.75) is 38.2 Å². The summed E-state index contributed by atoms with van der Waals surface area (Å²) < 4.78 is 0. The lowest BCUT2D eigenvalue weighted by Crippen LogP contribution is -2.31. The summed E-state index contributed by atoms with van der Waals surface area (Å²) in [4.78, 5) is 5.00. The zero-order chi connectivity index (χ0) is 11.4. The summed E-state index contributed by atoms with van der Waals surface area (Å²) >= 11 is 0. The fraction of sp³-hybridized carbons (Fsp3) is 1.00. The van der Waals surface area contributed by atoms with Crippen LogP contribution in [0, 0.1) is 5.92 Å². The Labute approximate surface area is 99.4 Å². The van der Waals surface area contributed by atoms with Crippen molar-refractivity contribution in [1.82, 2.24) is 9.80 Å². The molecule has 0 spiro atoms. The summed E-state index contributed by atoms with van der Waals surface area (Å²) in [5.74, 6) is 0.584. The van der Waals surface area contributed by atoms with Gasteiger partial charge in [-0.25, -0.2) is 0 Å². The molecule has 1 aliphatic carbocycles. The highest BCUT2D eigenvalue weighted by Crippen LogP contribution is 2.28. The van der Waals surface area contributed by atoms with Gasteiger partial charge >= 0.3 is 0 Å². The SMILES string of the molecule is CN1CCCN(CCC2CCCC2O)CC1. The van der Waals surface area contributed by atoms with Crippen LogP contribution in [0.15, 0.2) is 0 Å². The monoisotopic (exact) mass is 226 g/mol. The molecule has 2 rings (SSSR count). The Hall–Kier alpha value is -0.120. The lowest BCUT2D eigenvalue weighted by atomic mass is 10.0. The summed E-state index contributed by atoms with van der Waals surface area (Å²) in [6.07, 6.45) is 6.00. The fourth-order valence-electron chi connectivity index (χ4n) is 3.03. The van der Waals surface area contributed by atoms with Crippen molar-refractivity contribution >= 4 is 0 Å². The lowest BCUT2D eigenvalue weighted by Gasteiger charge is -2.23. The molecule has 1 saturated carbocycles. The van der Waals surface area contributed by atoms with Gasteiger partial charge in [0.2, 0.25) is 0 Å². The predicted molar refractivity (Wildman–Crippen MR) is 66.5 cm³/mol. The standard InChI is InChI=1S/C13H26N2O/c1-14-7-3-8-15(11-10-14)9-6-12-4-2-5-13(12)16/h12-13,16H,2-11H2,1H3. The molecule has 0 aromatic heterocycles. The van der Waals surface area contributed by atoms with E-state index in [2.05, 4.69) is 16.8 Å². The molecule has 0 bridgehead atoms. The Morgan fingerprint density at radius 1 is 1.06 bits per heavy atom. The van der Waals surface area contributed by atoms with E-state index >= 15 is 0 Å². The average Bonchev–Trinajstić information content (AvgIpc) is 2.55. The first-order valence-corrected chi connectivity index (χ1v) is 6.84. The van der Waals surface area contributed by atoms with E-state index in [1.807, 2.05) is 0 Å². The highest BCUT2D eigenvalue weighted by molar-refractivity contribution is 4.78. The zero-order valence-corrected chi connectivity index (χ0v) is 10.6. The van der Waals surface area contributed by atoms with E-state index in [4.69, 9.17) is 0 Å². The van der Waals surface area contributed by atoms with Crippen LogP contribution in [-0.2, 0) is 0 Å². The first-order valence-electron chi connectivity index (χ1n) is 6.84. The molecule has 2 atom stereocenters. The molecule has 3 nitrogen and oxygen atoms in total. The molecule has 0 aromatic rings. The number of hydrogen-bond acceptors (Lipinski definition) is 3. The Morgan fingerprint density at radius 2 is 1.94 bits per heavy atom. The van der Waals surface area contributed by atoms with Crippen LogP contribution >= 0.6 is 0 Å². The summed E-state index contributed by atoms with van der Waals surface area (Å²) in [5.41, 5.74) is 0. The van der Waals surface area contributed by atoms with Crippen molar-refractivity contribution < 1.29 is 5.11 Å². The normalized spacial score (nSPS) is 34.1. The van der Waals surface area contributed by atoms with Gasteiger partial charge in [-0.2, -0.15) is 0 Å². The Kier molecular flexibility index (Phi) is 4.62. The first-order chi connectivity index (χ1) is 7.75. The second-order valence-corrected chi connectivity index (χ2v) is 5.55. The van der Waals surface area contributed by atoms with E-state index in [0.717, 1.165) is 6.42 Å². The smallest absolute Gasteiger partial charge is 0.0568 e. The van der Waals surface area contributed by atoms with Gasteiger partial charge in [0, 0.05) is 13.1 Å². The van der Waals surface area contributed by atoms with Crippen molar-refractivity contribution in [2.24, 2.45) is 5.92 Å². The van der Waals surface area contributed by atoms with Crippen LogP contribution in [0.5, 0.6) is 0 Å². The van der Waals surface area contributed by atoms with E-state index in [1.54, 1.807) is 0 Å². The molecule has 1 saturated heterocycles. The Morgan fingerprint density at radius 3 is 2.69 bits per heavy atom. The number of likely N-dealkylation sites (N-methyl/N-ethyl adjacent to an activating group) is 1. The van der Waals surface area contributed by atoms with Crippen molar-refractivity contribution in [3.63, 3.8) is 0 Å². The van der Waals surface area contributed by atoms with Gasteiger partial charge in [0.25, 0.3) is 0 Å². The van der Waals surface area contributed by atoms with Crippen molar-refractivity contribution in [2.75, 3.05) is 39.8 Å². The van der Waals surface area contributed by atoms with Crippen LogP contribution < -0.4 is 0 Å². The molecule has 3 heteroatoms. The molecule has 16 heavy (non-hydrogen) atoms. The van der Waals surface area contributed by atoms with Crippen molar-refractivity contribution in [1.29, 1.82) is 0 Å². The predicted octanol–water partition coefficient (Wildman–Crippen LogP) is 1.17. The van der Waals surface area contributed by atoms with E-state index in [9.17, 15) is 5.11 Å². The van der Waals surface area contributed by atoms with E-state index in [0.29, 0.717) is 5.92 Å². The largest absolute Gasteiger partial charge is 0.393 e. The van der Waals surface area contributed by atoms with Gasteiger partial charge in [-0.3, -0.25) is 0 Å². The Balaban J connectivity index is 1.68. The van der Waals surface area contributed by atoms with Gasteiger partial charge in [-0.05, 0) is 58.3 Å². The van der Waals surface area contributed by atoms with Gasteiger partial charge in [-0.15, -0.1) is 0 Å². The molecular weight excluding hydrogens is 200 g/mol. The summed E-state index contributed by atoms with van der Waals surface area (Å²) in [6.45, 7) is 6.08. The second-order valence-electron chi connectivity index (χ2n) is 5.55. The number of nitrogens with zero attached hydrogens (tertiary/aromatic N) is 2. The molecular formula is C13H26N2O. The van der Waals surface area contributed by atoms with Crippen molar-refractivity contribution in [3.05, 3.63) is 0 Å². The molecule has 2 unspecified atom stereocenters. The maximum atomic E-state index is 9.79. The van der Waals surface area contributed by atoms with E-state index in [-0.39, 0.29) is 6.10 Å². The zero-order valence-electron chi connectivity index (χ0n) is 10.6. The minimum atomic E-state index is -0.00495. The minimum Gasteiger partial charge on any atom is -0.393 e. The number of aliphatic hydroxyl groups is 1. The van der Waals surface area contributed by atoms with Gasteiger partial charge in [0.05, 0.1) is 6.10 Å². The van der Waals surface area contributed by atoms with Crippen LogP contribution in [0.1, 0.15) is 32.1 Å². The average molecular weight is 226 g/mol. The van der Waals surface area contributed by atoms with Gasteiger partial charge in [0.1, 0.15) is 0 Å². The third-order valence-corrected chi connectivity index (χ3v) is 4.25. The first kappa shape index (κ1) is 12.3. The Bertz CT molecular complexity index is 210. The molecule has 1 N–H and O–H groups in total. The van der Waals surface area contributed by atoms with Gasteiger partial charge in [-0.1, -0.05) is 6.42 Å². The minimum absolute atomic E-state index is 0.00495. The molecule has 0 radical (unpaired) electrons.